The van der Waals surface area contributed by atoms with Crippen molar-refractivity contribution in [3.63, 3.8) is 0 Å². The highest BCUT2D eigenvalue weighted by molar-refractivity contribution is 6.24. The predicted molar refractivity (Wildman–Crippen MR) is 202 cm³/mol. The number of nitrogens with one attached hydrogen (secondary N) is 2. The molecular weight excluding hydrogens is 722 g/mol. The molecule has 296 valence electrons. The minimum absolute atomic E-state index is 0.00994. The number of benzene rings is 3. The van der Waals surface area contributed by atoms with Crippen LogP contribution in [0.1, 0.15) is 57.1 Å². The molecule has 15 nitrogen and oxygen atoms in total. The standard InChI is InChI=1S/C41H47N5O10/c47-34-15-14-32(39(50)43-34)46-40(51)31-12-7-13-33(37(31)41(46)52)56-28-35(48)42-17-23-54-25-27-55-26-24-53-22-16-36(49)44-18-20-45(21-19-44)38(29-8-3-1-4-9-29)30-10-5-2-6-11-30/h1-13,32,38H,14-28H2,(H,42,48)(H,43,47,50). The Bertz CT molecular complexity index is 1810. The Hall–Kier alpha value is -5.48. The topological polar surface area (TPSA) is 173 Å². The van der Waals surface area contributed by atoms with Gasteiger partial charge < -0.3 is 29.2 Å². The molecule has 1 unspecified atom stereocenters. The summed E-state index contributed by atoms with van der Waals surface area (Å²) in [5.41, 5.74) is 2.52. The monoisotopic (exact) mass is 769 g/mol. The first-order chi connectivity index (χ1) is 27.3. The Morgan fingerprint density at radius 3 is 2.00 bits per heavy atom. The zero-order chi connectivity index (χ0) is 39.3. The molecule has 0 spiro atoms. The third kappa shape index (κ3) is 10.2. The molecule has 56 heavy (non-hydrogen) atoms. The Labute approximate surface area is 325 Å². The number of piperidine rings is 1. The lowest BCUT2D eigenvalue weighted by atomic mass is 9.96. The second kappa shape index (κ2) is 19.9. The van der Waals surface area contributed by atoms with Crippen molar-refractivity contribution < 1.29 is 47.7 Å². The van der Waals surface area contributed by atoms with Crippen LogP contribution in [0.2, 0.25) is 0 Å². The van der Waals surface area contributed by atoms with Crippen molar-refractivity contribution in [3.8, 4) is 5.75 Å². The van der Waals surface area contributed by atoms with E-state index in [-0.39, 0.29) is 54.8 Å². The second-order valence-electron chi connectivity index (χ2n) is 13.5. The number of amides is 6. The van der Waals surface area contributed by atoms with E-state index in [0.717, 1.165) is 18.0 Å². The van der Waals surface area contributed by atoms with Gasteiger partial charge in [-0.15, -0.1) is 0 Å². The molecular formula is C41H47N5O10. The third-order valence-corrected chi connectivity index (χ3v) is 9.82. The molecule has 6 rings (SSSR count). The van der Waals surface area contributed by atoms with Gasteiger partial charge in [-0.2, -0.15) is 0 Å². The number of imide groups is 2. The molecule has 3 heterocycles. The van der Waals surface area contributed by atoms with Gasteiger partial charge in [0.15, 0.2) is 6.61 Å². The molecule has 3 aromatic rings. The van der Waals surface area contributed by atoms with Gasteiger partial charge in [0.1, 0.15) is 11.8 Å². The Kier molecular flexibility index (Phi) is 14.3. The molecule has 0 aliphatic carbocycles. The average molecular weight is 770 g/mol. The van der Waals surface area contributed by atoms with Crippen molar-refractivity contribution in [2.45, 2.75) is 31.3 Å². The van der Waals surface area contributed by atoms with Gasteiger partial charge in [0.2, 0.25) is 17.7 Å². The van der Waals surface area contributed by atoms with Gasteiger partial charge in [0, 0.05) is 39.1 Å². The maximum atomic E-state index is 13.2. The van der Waals surface area contributed by atoms with Crippen molar-refractivity contribution in [2.75, 3.05) is 79.0 Å². The molecule has 0 saturated carbocycles. The van der Waals surface area contributed by atoms with Crippen molar-refractivity contribution in [1.82, 2.24) is 25.3 Å². The van der Waals surface area contributed by atoms with Crippen molar-refractivity contribution in [3.05, 3.63) is 101 Å². The molecule has 1 atom stereocenters. The largest absolute Gasteiger partial charge is 0.483 e. The molecule has 3 aliphatic rings. The molecule has 0 aromatic heterocycles. The highest BCUT2D eigenvalue weighted by Crippen LogP contribution is 2.34. The zero-order valence-corrected chi connectivity index (χ0v) is 31.2. The van der Waals surface area contributed by atoms with Crippen LogP contribution in [0.3, 0.4) is 0 Å². The first kappa shape index (κ1) is 40.2. The van der Waals surface area contributed by atoms with Crippen LogP contribution in [0, 0.1) is 0 Å². The summed E-state index contributed by atoms with van der Waals surface area (Å²) in [6, 6.07) is 24.4. The molecule has 2 saturated heterocycles. The maximum Gasteiger partial charge on any atom is 0.266 e. The lowest BCUT2D eigenvalue weighted by Crippen LogP contribution is -2.54. The SMILES string of the molecule is O=C(COc1cccc2c1C(=O)N(C1CCC(=O)NC1=O)C2=O)NCCOCCOCCOCCC(=O)N1CCN(C(c2ccccc2)c2ccccc2)CC1. The smallest absolute Gasteiger partial charge is 0.266 e. The first-order valence-corrected chi connectivity index (χ1v) is 18.9. The fraction of sp³-hybridized carbons (Fsp3) is 0.415. The lowest BCUT2D eigenvalue weighted by molar-refractivity contribution is -0.136. The minimum atomic E-state index is -1.10. The molecule has 3 aromatic carbocycles. The predicted octanol–water partition coefficient (Wildman–Crippen LogP) is 1.96. The van der Waals surface area contributed by atoms with Gasteiger partial charge in [0.05, 0.1) is 63.2 Å². The molecule has 0 bridgehead atoms. The van der Waals surface area contributed by atoms with Gasteiger partial charge in [-0.05, 0) is 29.7 Å². The second-order valence-corrected chi connectivity index (χ2v) is 13.5. The number of piperazine rings is 1. The van der Waals surface area contributed by atoms with Crippen molar-refractivity contribution in [2.24, 2.45) is 0 Å². The summed E-state index contributed by atoms with van der Waals surface area (Å²) in [4.78, 5) is 80.4. The molecule has 2 N–H and O–H groups in total. The van der Waals surface area contributed by atoms with E-state index in [9.17, 15) is 28.8 Å². The number of carbonyl (C=O) groups is 6. The molecule has 6 amide bonds. The van der Waals surface area contributed by atoms with E-state index < -0.39 is 42.2 Å². The molecule has 2 fully saturated rings. The molecule has 15 heteroatoms. The summed E-state index contributed by atoms with van der Waals surface area (Å²) in [7, 11) is 0. The fourth-order valence-corrected chi connectivity index (χ4v) is 7.03. The average Bonchev–Trinajstić information content (AvgIpc) is 3.47. The van der Waals surface area contributed by atoms with Crippen LogP contribution in [0.15, 0.2) is 78.9 Å². The van der Waals surface area contributed by atoms with E-state index >= 15 is 0 Å². The Morgan fingerprint density at radius 2 is 1.36 bits per heavy atom. The lowest BCUT2D eigenvalue weighted by Gasteiger charge is -2.39. The van der Waals surface area contributed by atoms with Gasteiger partial charge in [0.25, 0.3) is 17.7 Å². The fourth-order valence-electron chi connectivity index (χ4n) is 7.03. The van der Waals surface area contributed by atoms with Gasteiger partial charge in [-0.25, -0.2) is 0 Å². The zero-order valence-electron chi connectivity index (χ0n) is 31.2. The number of carbonyl (C=O) groups excluding carboxylic acids is 6. The van der Waals surface area contributed by atoms with E-state index in [0.29, 0.717) is 52.5 Å². The Balaban J connectivity index is 0.784. The van der Waals surface area contributed by atoms with Gasteiger partial charge in [-0.1, -0.05) is 66.7 Å². The summed E-state index contributed by atoms with van der Waals surface area (Å²) in [6.07, 6.45) is 0.359. The number of rotatable bonds is 19. The normalized spacial score (nSPS) is 17.3. The summed E-state index contributed by atoms with van der Waals surface area (Å²) in [5.74, 6) is -2.88. The molecule has 0 radical (unpaired) electrons. The minimum Gasteiger partial charge on any atom is -0.483 e. The number of nitrogens with zero attached hydrogens (tertiary/aromatic N) is 3. The van der Waals surface area contributed by atoms with Crippen LogP contribution < -0.4 is 15.4 Å². The number of hydrogen-bond acceptors (Lipinski definition) is 11. The van der Waals surface area contributed by atoms with E-state index in [1.54, 1.807) is 0 Å². The number of hydrogen-bond donors (Lipinski definition) is 2. The number of fused-ring (bicyclic) bond motifs is 1. The van der Waals surface area contributed by atoms with E-state index in [4.69, 9.17) is 18.9 Å². The first-order valence-electron chi connectivity index (χ1n) is 18.9. The van der Waals surface area contributed by atoms with Crippen LogP contribution in [-0.2, 0) is 33.4 Å². The van der Waals surface area contributed by atoms with Crippen LogP contribution in [0.25, 0.3) is 0 Å². The van der Waals surface area contributed by atoms with Crippen LogP contribution in [-0.4, -0.2) is 135 Å². The molecule has 3 aliphatic heterocycles. The highest BCUT2D eigenvalue weighted by atomic mass is 16.5. The highest BCUT2D eigenvalue weighted by Gasteiger charge is 2.46. The van der Waals surface area contributed by atoms with Crippen LogP contribution in [0.4, 0.5) is 0 Å². The quantitative estimate of drug-likeness (QED) is 0.135. The summed E-state index contributed by atoms with van der Waals surface area (Å²) >= 11 is 0. The number of ether oxygens (including phenoxy) is 4. The van der Waals surface area contributed by atoms with Gasteiger partial charge >= 0.3 is 0 Å². The van der Waals surface area contributed by atoms with Crippen molar-refractivity contribution in [1.29, 1.82) is 0 Å². The van der Waals surface area contributed by atoms with E-state index in [1.807, 2.05) is 17.0 Å². The van der Waals surface area contributed by atoms with E-state index in [2.05, 4.69) is 64.1 Å². The van der Waals surface area contributed by atoms with E-state index in [1.165, 1.54) is 29.3 Å². The van der Waals surface area contributed by atoms with Gasteiger partial charge in [-0.3, -0.25) is 43.9 Å². The van der Waals surface area contributed by atoms with Crippen molar-refractivity contribution >= 4 is 35.4 Å². The summed E-state index contributed by atoms with van der Waals surface area (Å²) in [5, 5.41) is 4.81. The third-order valence-electron chi connectivity index (χ3n) is 9.82. The van der Waals surface area contributed by atoms with Crippen LogP contribution >= 0.6 is 0 Å². The maximum absolute atomic E-state index is 13.2. The summed E-state index contributed by atoms with van der Waals surface area (Å²) in [6.45, 7) is 4.62. The van der Waals surface area contributed by atoms with Crippen LogP contribution in [0.5, 0.6) is 5.75 Å². The Morgan fingerprint density at radius 1 is 0.732 bits per heavy atom. The summed E-state index contributed by atoms with van der Waals surface area (Å²) < 4.78 is 22.2.